The van der Waals surface area contributed by atoms with Crippen molar-refractivity contribution in [1.82, 2.24) is 0 Å². The highest BCUT2D eigenvalue weighted by Gasteiger charge is 2.17. The zero-order valence-electron chi connectivity index (χ0n) is 8.18. The Hall–Kier alpha value is -1.05. The number of esters is 1. The van der Waals surface area contributed by atoms with Crippen molar-refractivity contribution in [3.05, 3.63) is 24.3 Å². The molecular weight excluding hydrogens is 152 g/mol. The molecule has 2 nitrogen and oxygen atoms in total. The van der Waals surface area contributed by atoms with Crippen molar-refractivity contribution in [2.45, 2.75) is 33.3 Å². The molecule has 0 saturated heterocycles. The normalized spacial score (nSPS) is 10.3. The van der Waals surface area contributed by atoms with Crippen LogP contribution in [0.25, 0.3) is 0 Å². The molecule has 0 unspecified atom stereocenters. The molecule has 0 atom stereocenters. The van der Waals surface area contributed by atoms with Crippen molar-refractivity contribution in [3.63, 3.8) is 0 Å². The summed E-state index contributed by atoms with van der Waals surface area (Å²) in [6.07, 6.45) is 3.06. The van der Waals surface area contributed by atoms with E-state index in [9.17, 15) is 4.79 Å². The summed E-state index contributed by atoms with van der Waals surface area (Å²) in [6.45, 7) is 10.9. The van der Waals surface area contributed by atoms with Gasteiger partial charge in [0.15, 0.2) is 0 Å². The monoisotopic (exact) mass is 168 g/mol. The smallest absolute Gasteiger partial charge is 0.330 e. The van der Waals surface area contributed by atoms with Gasteiger partial charge in [-0.05, 0) is 33.8 Å². The summed E-state index contributed by atoms with van der Waals surface area (Å²) in [4.78, 5) is 10.8. The van der Waals surface area contributed by atoms with E-state index in [2.05, 4.69) is 6.58 Å². The molecule has 0 spiro atoms. The molecule has 0 radical (unpaired) electrons. The van der Waals surface area contributed by atoms with E-state index in [1.165, 1.54) is 6.08 Å². The number of hydrogen-bond donors (Lipinski definition) is 0. The van der Waals surface area contributed by atoms with E-state index in [1.54, 1.807) is 0 Å². The molecule has 0 aromatic heterocycles. The number of carbonyl (C=O) groups is 1. The molecule has 0 amide bonds. The fourth-order valence-corrected chi connectivity index (χ4v) is 1.03. The lowest BCUT2D eigenvalue weighted by atomic mass is 10.1. The summed E-state index contributed by atoms with van der Waals surface area (Å²) in [5.74, 6) is -0.391. The molecule has 0 N–H and O–H groups in total. The van der Waals surface area contributed by atoms with Gasteiger partial charge in [0.25, 0.3) is 0 Å². The SMILES string of the molecule is C=CC(=O)OC(C)(C)C=C(C)C. The van der Waals surface area contributed by atoms with Crippen LogP contribution in [0.2, 0.25) is 0 Å². The van der Waals surface area contributed by atoms with Crippen molar-refractivity contribution in [3.8, 4) is 0 Å². The van der Waals surface area contributed by atoms with Crippen LogP contribution in [0.4, 0.5) is 0 Å². The first-order valence-corrected chi connectivity index (χ1v) is 3.89. The highest BCUT2D eigenvalue weighted by atomic mass is 16.6. The van der Waals surface area contributed by atoms with Crippen LogP contribution in [0.5, 0.6) is 0 Å². The first kappa shape index (κ1) is 11.0. The molecule has 0 bridgehead atoms. The molecule has 0 aliphatic heterocycles. The maximum absolute atomic E-state index is 10.8. The van der Waals surface area contributed by atoms with Crippen LogP contribution < -0.4 is 0 Å². The van der Waals surface area contributed by atoms with Crippen LogP contribution >= 0.6 is 0 Å². The second-order valence-corrected chi connectivity index (χ2v) is 3.45. The van der Waals surface area contributed by atoms with Crippen LogP contribution in [0.15, 0.2) is 24.3 Å². The summed E-state index contributed by atoms with van der Waals surface area (Å²) in [5, 5.41) is 0. The molecule has 0 aliphatic rings. The third kappa shape index (κ3) is 4.72. The van der Waals surface area contributed by atoms with Gasteiger partial charge in [0, 0.05) is 6.08 Å². The maximum atomic E-state index is 10.8. The minimum absolute atomic E-state index is 0.391. The Morgan fingerprint density at radius 3 is 2.25 bits per heavy atom. The van der Waals surface area contributed by atoms with Crippen LogP contribution in [0.1, 0.15) is 27.7 Å². The Labute approximate surface area is 73.9 Å². The van der Waals surface area contributed by atoms with Gasteiger partial charge in [-0.15, -0.1) is 0 Å². The first-order valence-electron chi connectivity index (χ1n) is 3.89. The first-order chi connectivity index (χ1) is 5.37. The third-order valence-electron chi connectivity index (χ3n) is 1.17. The van der Waals surface area contributed by atoms with Gasteiger partial charge in [-0.3, -0.25) is 0 Å². The van der Waals surface area contributed by atoms with Gasteiger partial charge in [-0.1, -0.05) is 12.2 Å². The summed E-state index contributed by atoms with van der Waals surface area (Å²) in [7, 11) is 0. The number of rotatable bonds is 3. The molecule has 0 aromatic carbocycles. The van der Waals surface area contributed by atoms with Crippen LogP contribution in [0.3, 0.4) is 0 Å². The number of ether oxygens (including phenoxy) is 1. The third-order valence-corrected chi connectivity index (χ3v) is 1.17. The average molecular weight is 168 g/mol. The van der Waals surface area contributed by atoms with Crippen LogP contribution in [-0.4, -0.2) is 11.6 Å². The Kier molecular flexibility index (Phi) is 3.74. The molecule has 0 fully saturated rings. The molecule has 0 rings (SSSR count). The maximum Gasteiger partial charge on any atom is 0.330 e. The molecule has 0 saturated carbocycles. The van der Waals surface area contributed by atoms with Crippen molar-refractivity contribution >= 4 is 5.97 Å². The Morgan fingerprint density at radius 2 is 1.92 bits per heavy atom. The quantitative estimate of drug-likeness (QED) is 0.367. The molecule has 2 heteroatoms. The Bertz CT molecular complexity index is 208. The van der Waals surface area contributed by atoms with Gasteiger partial charge in [0.2, 0.25) is 0 Å². The predicted molar refractivity (Wildman–Crippen MR) is 49.8 cm³/mol. The fourth-order valence-electron chi connectivity index (χ4n) is 1.03. The zero-order valence-corrected chi connectivity index (χ0v) is 8.18. The predicted octanol–water partition coefficient (Wildman–Crippen LogP) is 2.46. The zero-order chi connectivity index (χ0) is 9.78. The summed E-state index contributed by atoms with van der Waals surface area (Å²) < 4.78 is 5.06. The number of carbonyl (C=O) groups excluding carboxylic acids is 1. The molecular formula is C10H16O2. The summed E-state index contributed by atoms with van der Waals surface area (Å²) >= 11 is 0. The van der Waals surface area contributed by atoms with Gasteiger partial charge in [0.05, 0.1) is 0 Å². The van der Waals surface area contributed by atoms with Gasteiger partial charge in [-0.25, -0.2) is 4.79 Å². The minimum Gasteiger partial charge on any atom is -0.452 e. The van der Waals surface area contributed by atoms with Crippen molar-refractivity contribution in [2.75, 3.05) is 0 Å². The molecule has 68 valence electrons. The van der Waals surface area contributed by atoms with Gasteiger partial charge >= 0.3 is 5.97 Å². The van der Waals surface area contributed by atoms with Gasteiger partial charge < -0.3 is 4.74 Å². The van der Waals surface area contributed by atoms with Crippen LogP contribution in [-0.2, 0) is 9.53 Å². The Balaban J connectivity index is 4.32. The van der Waals surface area contributed by atoms with E-state index >= 15 is 0 Å². The van der Waals surface area contributed by atoms with Crippen molar-refractivity contribution in [1.29, 1.82) is 0 Å². The van der Waals surface area contributed by atoms with E-state index in [4.69, 9.17) is 4.74 Å². The lowest BCUT2D eigenvalue weighted by Gasteiger charge is -2.20. The summed E-state index contributed by atoms with van der Waals surface area (Å²) in [6, 6.07) is 0. The number of hydrogen-bond acceptors (Lipinski definition) is 2. The second kappa shape index (κ2) is 4.10. The second-order valence-electron chi connectivity index (χ2n) is 3.45. The highest BCUT2D eigenvalue weighted by Crippen LogP contribution is 2.13. The van der Waals surface area contributed by atoms with E-state index < -0.39 is 11.6 Å². The minimum atomic E-state index is -0.538. The lowest BCUT2D eigenvalue weighted by molar-refractivity contribution is -0.146. The highest BCUT2D eigenvalue weighted by molar-refractivity contribution is 5.81. The fraction of sp³-hybridized carbons (Fsp3) is 0.500. The standard InChI is InChI=1S/C10H16O2/c1-6-9(11)12-10(4,5)7-8(2)3/h6-7H,1H2,2-5H3. The average Bonchev–Trinajstić information content (AvgIpc) is 1.83. The molecule has 0 aromatic rings. The van der Waals surface area contributed by atoms with E-state index in [1.807, 2.05) is 33.8 Å². The largest absolute Gasteiger partial charge is 0.452 e. The van der Waals surface area contributed by atoms with E-state index in [-0.39, 0.29) is 0 Å². The molecule has 12 heavy (non-hydrogen) atoms. The lowest BCUT2D eigenvalue weighted by Crippen LogP contribution is -2.24. The summed E-state index contributed by atoms with van der Waals surface area (Å²) in [5.41, 5.74) is 0.585. The van der Waals surface area contributed by atoms with Crippen LogP contribution in [0, 0.1) is 0 Å². The van der Waals surface area contributed by atoms with E-state index in [0.29, 0.717) is 0 Å². The van der Waals surface area contributed by atoms with Gasteiger partial charge in [0.1, 0.15) is 5.60 Å². The Morgan fingerprint density at radius 1 is 1.42 bits per heavy atom. The van der Waals surface area contributed by atoms with Gasteiger partial charge in [-0.2, -0.15) is 0 Å². The van der Waals surface area contributed by atoms with E-state index in [0.717, 1.165) is 5.57 Å². The molecule has 0 aliphatic carbocycles. The molecule has 0 heterocycles. The van der Waals surface area contributed by atoms with Crippen molar-refractivity contribution in [2.24, 2.45) is 0 Å². The van der Waals surface area contributed by atoms with Crippen molar-refractivity contribution < 1.29 is 9.53 Å². The topological polar surface area (TPSA) is 26.3 Å². The number of allylic oxidation sites excluding steroid dienone is 1.